The van der Waals surface area contributed by atoms with Crippen LogP contribution in [0.4, 0.5) is 0 Å². The highest BCUT2D eigenvalue weighted by Gasteiger charge is 2.22. The van der Waals surface area contributed by atoms with Gasteiger partial charge in [0.2, 0.25) is 0 Å². The highest BCUT2D eigenvalue weighted by molar-refractivity contribution is 7.27. The number of rotatable bonds is 12. The summed E-state index contributed by atoms with van der Waals surface area (Å²) >= 11 is 7.39. The summed E-state index contributed by atoms with van der Waals surface area (Å²) in [6.07, 6.45) is 0. The molecule has 0 aliphatic heterocycles. The molecule has 0 saturated carbocycles. The molecule has 0 spiro atoms. The summed E-state index contributed by atoms with van der Waals surface area (Å²) in [5, 5.41) is 10.2. The Kier molecular flexibility index (Phi) is 16.9. The normalized spacial score (nSPS) is 11.6. The van der Waals surface area contributed by atoms with Crippen LogP contribution >= 0.6 is 45.3 Å². The van der Waals surface area contributed by atoms with Crippen LogP contribution in [0.5, 0.6) is 0 Å². The van der Waals surface area contributed by atoms with Crippen molar-refractivity contribution < 1.29 is 0 Å². The third-order valence-corrected chi connectivity index (χ3v) is 25.8. The minimum absolute atomic E-state index is 0.631. The number of aromatic nitrogens is 6. The van der Waals surface area contributed by atoms with E-state index < -0.39 is 0 Å². The molecule has 112 heavy (non-hydrogen) atoms. The van der Waals surface area contributed by atoms with Gasteiger partial charge >= 0.3 is 0 Å². The zero-order valence-corrected chi connectivity index (χ0v) is 63.4. The van der Waals surface area contributed by atoms with Crippen LogP contribution in [-0.2, 0) is 0 Å². The molecule has 0 unspecified atom stereocenters. The maximum atomic E-state index is 5.28. The number of thiophene rings is 4. The van der Waals surface area contributed by atoms with E-state index in [9.17, 15) is 0 Å². The lowest BCUT2D eigenvalue weighted by atomic mass is 9.94. The summed E-state index contributed by atoms with van der Waals surface area (Å²) in [4.78, 5) is 31.2. The fourth-order valence-electron chi connectivity index (χ4n) is 15.6. The van der Waals surface area contributed by atoms with Crippen molar-refractivity contribution in [3.8, 4) is 135 Å². The van der Waals surface area contributed by atoms with Crippen LogP contribution in [0.25, 0.3) is 216 Å². The summed E-state index contributed by atoms with van der Waals surface area (Å²) in [7, 11) is 0. The molecule has 524 valence electrons. The zero-order chi connectivity index (χ0) is 74.0. The van der Waals surface area contributed by atoms with Crippen molar-refractivity contribution in [1.29, 1.82) is 0 Å². The van der Waals surface area contributed by atoms with E-state index >= 15 is 0 Å². The van der Waals surface area contributed by atoms with Gasteiger partial charge in [0, 0.05) is 114 Å². The summed E-state index contributed by atoms with van der Waals surface area (Å²) < 4.78 is 10.3. The Hall–Kier alpha value is -13.6. The quantitative estimate of drug-likeness (QED) is 0.121. The molecule has 16 aromatic carbocycles. The maximum absolute atomic E-state index is 5.28. The van der Waals surface area contributed by atoms with E-state index in [1.165, 1.54) is 91.8 Å². The van der Waals surface area contributed by atoms with Crippen molar-refractivity contribution >= 4 is 126 Å². The summed E-state index contributed by atoms with van der Waals surface area (Å²) in [6, 6.07) is 134. The first-order chi connectivity index (χ1) is 55.4. The first-order valence-corrected chi connectivity index (χ1v) is 40.6. The molecule has 6 heterocycles. The molecule has 0 aliphatic carbocycles. The SMILES string of the molecule is c1ccc(-c2cccc(-c3nc(-c4ccccc4)nc(-c4cc(-c5ccc6sc7ccccc7c6c5)cc(-c5ccc6sc7ccccc7c6c5)c4)n3)c2)cc1.c1ccc(-c2cccc(-c3nc(-c4ccccc4)nc(-c4cc(-c5cccc6c5sc5ccccc56)cc(-c5cccc6c5sc5ccccc56)c4)n3)c2)cc1. The second-order valence-corrected chi connectivity index (χ2v) is 32.3. The standard InChI is InChI=1S/2C51H31N3S2/c1-3-14-32(15-4-1)34-18-11-19-35(28-34)50-52-49(33-16-5-2-6-17-33)53-51(54-50)38-30-36(39-22-12-24-43-41-20-7-9-26-45(41)55-47(39)43)29-37(31-38)40-23-13-25-44-42-21-8-10-27-46(42)56-48(40)44;1-3-12-32(13-4-1)34-16-11-17-37(26-34)50-52-49(33-14-5-2-6-15-33)53-51(54-50)40-28-38(35-22-24-47-43(30-35)41-18-7-9-20-45(41)55-47)27-39(29-40)36-23-25-48-44(31-36)42-19-8-10-21-46(42)56-48/h2*1-31H. The van der Waals surface area contributed by atoms with Gasteiger partial charge < -0.3 is 0 Å². The molecule has 0 atom stereocenters. The molecule has 0 aliphatic rings. The van der Waals surface area contributed by atoms with Gasteiger partial charge in [-0.1, -0.05) is 279 Å². The van der Waals surface area contributed by atoms with Gasteiger partial charge in [0.15, 0.2) is 34.9 Å². The Labute approximate surface area is 662 Å². The zero-order valence-electron chi connectivity index (χ0n) is 60.1. The first-order valence-electron chi connectivity index (χ1n) is 37.3. The number of benzene rings is 16. The fraction of sp³-hybridized carbons (Fsp3) is 0. The molecule has 0 radical (unpaired) electrons. The molecular weight excluding hydrogens is 1440 g/mol. The smallest absolute Gasteiger partial charge is 0.164 e. The van der Waals surface area contributed by atoms with Gasteiger partial charge in [-0.25, -0.2) is 29.9 Å². The third-order valence-electron chi connectivity index (χ3n) is 21.0. The monoisotopic (exact) mass is 1500 g/mol. The molecule has 0 saturated heterocycles. The Morgan fingerprint density at radius 2 is 0.384 bits per heavy atom. The van der Waals surface area contributed by atoms with E-state index in [0.29, 0.717) is 34.9 Å². The van der Waals surface area contributed by atoms with E-state index in [0.717, 1.165) is 89.0 Å². The van der Waals surface area contributed by atoms with Crippen molar-refractivity contribution in [2.75, 3.05) is 0 Å². The van der Waals surface area contributed by atoms with E-state index in [4.69, 9.17) is 29.9 Å². The van der Waals surface area contributed by atoms with Gasteiger partial charge in [-0.3, -0.25) is 0 Å². The number of fused-ring (bicyclic) bond motifs is 12. The average molecular weight is 1500 g/mol. The number of nitrogens with zero attached hydrogens (tertiary/aromatic N) is 6. The molecule has 22 rings (SSSR count). The Morgan fingerprint density at radius 3 is 0.786 bits per heavy atom. The molecular formula is C102H62N6S4. The second kappa shape index (κ2) is 28.5. The van der Waals surface area contributed by atoms with Crippen LogP contribution in [0.3, 0.4) is 0 Å². The predicted octanol–water partition coefficient (Wildman–Crippen LogP) is 29.2. The molecule has 6 aromatic heterocycles. The lowest BCUT2D eigenvalue weighted by molar-refractivity contribution is 1.07. The largest absolute Gasteiger partial charge is 0.208 e. The molecule has 22 aromatic rings. The van der Waals surface area contributed by atoms with Gasteiger partial charge in [-0.15, -0.1) is 45.3 Å². The lowest BCUT2D eigenvalue weighted by Gasteiger charge is -2.14. The van der Waals surface area contributed by atoms with Crippen molar-refractivity contribution in [1.82, 2.24) is 29.9 Å². The molecule has 0 amide bonds. The Balaban J connectivity index is 0.000000141. The minimum Gasteiger partial charge on any atom is -0.208 e. The number of hydrogen-bond donors (Lipinski definition) is 0. The second-order valence-electron chi connectivity index (χ2n) is 28.0. The molecule has 0 N–H and O–H groups in total. The first kappa shape index (κ1) is 66.6. The van der Waals surface area contributed by atoms with Crippen LogP contribution in [-0.4, -0.2) is 29.9 Å². The average Bonchev–Trinajstić information content (AvgIpc) is 1.31. The summed E-state index contributed by atoms with van der Waals surface area (Å²) in [5.41, 5.74) is 19.3. The van der Waals surface area contributed by atoms with Crippen molar-refractivity contribution in [3.05, 3.63) is 376 Å². The third kappa shape index (κ3) is 12.6. The highest BCUT2D eigenvalue weighted by Crippen LogP contribution is 2.47. The maximum Gasteiger partial charge on any atom is 0.164 e. The molecule has 0 fully saturated rings. The van der Waals surface area contributed by atoms with Gasteiger partial charge in [-0.2, -0.15) is 0 Å². The number of hydrogen-bond acceptors (Lipinski definition) is 10. The van der Waals surface area contributed by atoms with E-state index in [2.05, 4.69) is 328 Å². The van der Waals surface area contributed by atoms with Crippen LogP contribution in [0.1, 0.15) is 0 Å². The van der Waals surface area contributed by atoms with E-state index in [1.807, 2.05) is 93.9 Å². The topological polar surface area (TPSA) is 77.3 Å². The van der Waals surface area contributed by atoms with Crippen LogP contribution < -0.4 is 0 Å². The van der Waals surface area contributed by atoms with Crippen molar-refractivity contribution in [2.45, 2.75) is 0 Å². The Morgan fingerprint density at radius 1 is 0.134 bits per heavy atom. The minimum atomic E-state index is 0.631. The van der Waals surface area contributed by atoms with Gasteiger partial charge in [-0.05, 0) is 164 Å². The summed E-state index contributed by atoms with van der Waals surface area (Å²) in [6.45, 7) is 0. The fourth-order valence-corrected chi connectivity index (χ4v) is 20.2. The van der Waals surface area contributed by atoms with Crippen LogP contribution in [0.15, 0.2) is 376 Å². The van der Waals surface area contributed by atoms with E-state index in [1.54, 1.807) is 0 Å². The Bertz CT molecular complexity index is 7130. The predicted molar refractivity (Wildman–Crippen MR) is 476 cm³/mol. The van der Waals surface area contributed by atoms with Gasteiger partial charge in [0.05, 0.1) is 0 Å². The highest BCUT2D eigenvalue weighted by atomic mass is 32.1. The molecule has 10 heteroatoms. The van der Waals surface area contributed by atoms with E-state index in [-0.39, 0.29) is 0 Å². The van der Waals surface area contributed by atoms with Gasteiger partial charge in [0.1, 0.15) is 0 Å². The van der Waals surface area contributed by atoms with Crippen molar-refractivity contribution in [2.24, 2.45) is 0 Å². The lowest BCUT2D eigenvalue weighted by Crippen LogP contribution is -2.00. The van der Waals surface area contributed by atoms with Gasteiger partial charge in [0.25, 0.3) is 0 Å². The van der Waals surface area contributed by atoms with Crippen LogP contribution in [0, 0.1) is 0 Å². The van der Waals surface area contributed by atoms with Crippen LogP contribution in [0.2, 0.25) is 0 Å². The van der Waals surface area contributed by atoms with Crippen molar-refractivity contribution in [3.63, 3.8) is 0 Å². The molecule has 6 nitrogen and oxygen atoms in total. The summed E-state index contributed by atoms with van der Waals surface area (Å²) in [5.74, 6) is 3.81. The molecule has 0 bridgehead atoms.